The second-order valence-corrected chi connectivity index (χ2v) is 7.58. The van der Waals surface area contributed by atoms with Crippen molar-refractivity contribution < 1.29 is 14.3 Å². The summed E-state index contributed by atoms with van der Waals surface area (Å²) in [4.78, 5) is 39.4. The molecule has 0 aliphatic carbocycles. The van der Waals surface area contributed by atoms with Crippen molar-refractivity contribution in [3.63, 3.8) is 0 Å². The average molecular weight is 416 g/mol. The molecular weight excluding hydrogens is 392 g/mol. The Balaban J connectivity index is 2.18. The first kappa shape index (κ1) is 21.0. The molecule has 0 aliphatic heterocycles. The summed E-state index contributed by atoms with van der Waals surface area (Å²) in [5.74, 6) is -0.476. The second kappa shape index (κ2) is 9.19. The topological polar surface area (TPSA) is 79.5 Å². The van der Waals surface area contributed by atoms with Gasteiger partial charge in [-0.25, -0.2) is 9.59 Å². The Bertz CT molecular complexity index is 1130. The number of nitrogens with zero attached hydrogens (tertiary/aromatic N) is 2. The smallest absolute Gasteiger partial charge is 0.348 e. The minimum absolute atomic E-state index is 0.152. The van der Waals surface area contributed by atoms with Gasteiger partial charge in [-0.1, -0.05) is 30.3 Å². The molecule has 0 fully saturated rings. The predicted molar refractivity (Wildman–Crippen MR) is 113 cm³/mol. The first-order chi connectivity index (χ1) is 14.0. The lowest BCUT2D eigenvalue weighted by Gasteiger charge is -2.12. The maximum Gasteiger partial charge on any atom is 0.348 e. The number of benzene rings is 1. The molecule has 29 heavy (non-hydrogen) atoms. The van der Waals surface area contributed by atoms with Gasteiger partial charge in [0.1, 0.15) is 9.71 Å². The van der Waals surface area contributed by atoms with Crippen LogP contribution < -0.4 is 11.2 Å². The van der Waals surface area contributed by atoms with E-state index >= 15 is 0 Å². The van der Waals surface area contributed by atoms with Gasteiger partial charge in [0.25, 0.3) is 5.56 Å². The highest BCUT2D eigenvalue weighted by molar-refractivity contribution is 7.20. The Morgan fingerprint density at radius 3 is 2.48 bits per heavy atom. The van der Waals surface area contributed by atoms with E-state index in [4.69, 9.17) is 9.47 Å². The number of hydrogen-bond donors (Lipinski definition) is 0. The number of esters is 1. The molecule has 7 nitrogen and oxygen atoms in total. The van der Waals surface area contributed by atoms with Crippen molar-refractivity contribution in [2.24, 2.45) is 0 Å². The summed E-state index contributed by atoms with van der Waals surface area (Å²) < 4.78 is 13.0. The van der Waals surface area contributed by atoms with Crippen molar-refractivity contribution >= 4 is 27.5 Å². The zero-order valence-electron chi connectivity index (χ0n) is 16.8. The first-order valence-electron chi connectivity index (χ1n) is 9.46. The van der Waals surface area contributed by atoms with Gasteiger partial charge in [-0.15, -0.1) is 11.3 Å². The van der Waals surface area contributed by atoms with Gasteiger partial charge < -0.3 is 9.47 Å². The maximum atomic E-state index is 13.1. The van der Waals surface area contributed by atoms with Crippen molar-refractivity contribution in [1.29, 1.82) is 0 Å². The van der Waals surface area contributed by atoms with Crippen LogP contribution in [0, 0.1) is 6.92 Å². The van der Waals surface area contributed by atoms with Crippen LogP contribution in [0.4, 0.5) is 0 Å². The van der Waals surface area contributed by atoms with E-state index in [2.05, 4.69) is 0 Å². The van der Waals surface area contributed by atoms with Crippen molar-refractivity contribution in [2.45, 2.75) is 33.4 Å². The normalized spacial score (nSPS) is 11.1. The average Bonchev–Trinajstić information content (AvgIpc) is 3.06. The van der Waals surface area contributed by atoms with Gasteiger partial charge in [-0.3, -0.25) is 13.9 Å². The van der Waals surface area contributed by atoms with E-state index in [0.29, 0.717) is 33.6 Å². The summed E-state index contributed by atoms with van der Waals surface area (Å²) in [5, 5.41) is 0.391. The van der Waals surface area contributed by atoms with Gasteiger partial charge in [0.2, 0.25) is 0 Å². The van der Waals surface area contributed by atoms with Gasteiger partial charge in [-0.05, 0) is 31.4 Å². The molecule has 0 unspecified atom stereocenters. The molecule has 154 valence electrons. The third kappa shape index (κ3) is 4.18. The Morgan fingerprint density at radius 1 is 1.10 bits per heavy atom. The van der Waals surface area contributed by atoms with E-state index in [-0.39, 0.29) is 19.8 Å². The predicted octanol–water partition coefficient (Wildman–Crippen LogP) is 2.60. The van der Waals surface area contributed by atoms with Crippen LogP contribution in [0.3, 0.4) is 0 Å². The van der Waals surface area contributed by atoms with Gasteiger partial charge in [-0.2, -0.15) is 0 Å². The standard InChI is InChI=1S/C21H24N2O5S/c1-4-28-20(25)17-14(2)16-18(24)22(12-13-27-3)21(26)23(19(16)29-17)11-10-15-8-6-5-7-9-15/h5-9H,4,10-13H2,1-3H3. The second-order valence-electron chi connectivity index (χ2n) is 6.58. The molecule has 1 aromatic carbocycles. The molecule has 0 saturated heterocycles. The lowest BCUT2D eigenvalue weighted by molar-refractivity contribution is 0.0531. The molecule has 0 saturated carbocycles. The summed E-state index contributed by atoms with van der Waals surface area (Å²) >= 11 is 1.14. The molecular formula is C21H24N2O5S. The van der Waals surface area contributed by atoms with E-state index in [1.54, 1.807) is 18.4 Å². The zero-order chi connectivity index (χ0) is 21.0. The molecule has 0 radical (unpaired) electrons. The number of rotatable bonds is 8. The summed E-state index contributed by atoms with van der Waals surface area (Å²) in [5.41, 5.74) is 0.837. The van der Waals surface area contributed by atoms with Crippen LogP contribution in [-0.2, 0) is 29.0 Å². The van der Waals surface area contributed by atoms with Crippen molar-refractivity contribution in [2.75, 3.05) is 20.3 Å². The molecule has 3 aromatic rings. The number of aryl methyl sites for hydroxylation is 3. The number of carbonyl (C=O) groups excluding carboxylic acids is 1. The fraction of sp³-hybridized carbons (Fsp3) is 0.381. The summed E-state index contributed by atoms with van der Waals surface area (Å²) in [6.45, 7) is 4.49. The number of methoxy groups -OCH3 is 1. The number of aromatic nitrogens is 2. The molecule has 0 atom stereocenters. The third-order valence-electron chi connectivity index (χ3n) is 4.74. The molecule has 0 amide bonds. The quantitative estimate of drug-likeness (QED) is 0.528. The summed E-state index contributed by atoms with van der Waals surface area (Å²) in [6, 6.07) is 9.82. The maximum absolute atomic E-state index is 13.1. The highest BCUT2D eigenvalue weighted by Crippen LogP contribution is 2.28. The van der Waals surface area contributed by atoms with Crippen LogP contribution in [0.25, 0.3) is 10.2 Å². The Labute approximate surface area is 172 Å². The van der Waals surface area contributed by atoms with E-state index in [1.165, 1.54) is 11.7 Å². The van der Waals surface area contributed by atoms with Gasteiger partial charge in [0.05, 0.1) is 25.1 Å². The molecule has 2 aromatic heterocycles. The minimum atomic E-state index is -0.476. The Hall–Kier alpha value is -2.71. The van der Waals surface area contributed by atoms with E-state index < -0.39 is 17.2 Å². The summed E-state index contributed by atoms with van der Waals surface area (Å²) in [6.07, 6.45) is 0.629. The number of hydrogen-bond acceptors (Lipinski definition) is 6. The molecule has 2 heterocycles. The van der Waals surface area contributed by atoms with Crippen LogP contribution in [-0.4, -0.2) is 35.4 Å². The zero-order valence-corrected chi connectivity index (χ0v) is 17.6. The van der Waals surface area contributed by atoms with Crippen LogP contribution >= 0.6 is 11.3 Å². The lowest BCUT2D eigenvalue weighted by atomic mass is 10.1. The molecule has 0 aliphatic rings. The monoisotopic (exact) mass is 416 g/mol. The number of thiophene rings is 1. The largest absolute Gasteiger partial charge is 0.462 e. The van der Waals surface area contributed by atoms with Crippen LogP contribution in [0.2, 0.25) is 0 Å². The Morgan fingerprint density at radius 2 is 1.83 bits per heavy atom. The van der Waals surface area contributed by atoms with Gasteiger partial charge in [0, 0.05) is 13.7 Å². The van der Waals surface area contributed by atoms with Crippen molar-refractivity contribution in [3.8, 4) is 0 Å². The van der Waals surface area contributed by atoms with Crippen molar-refractivity contribution in [3.05, 3.63) is 67.2 Å². The fourth-order valence-corrected chi connectivity index (χ4v) is 4.46. The summed E-state index contributed by atoms with van der Waals surface area (Å²) in [7, 11) is 1.52. The molecule has 0 spiro atoms. The van der Waals surface area contributed by atoms with Gasteiger partial charge >= 0.3 is 11.7 Å². The van der Waals surface area contributed by atoms with Gasteiger partial charge in [0.15, 0.2) is 0 Å². The third-order valence-corrected chi connectivity index (χ3v) is 6.04. The van der Waals surface area contributed by atoms with Crippen molar-refractivity contribution in [1.82, 2.24) is 9.13 Å². The van der Waals surface area contributed by atoms with Crippen LogP contribution in [0.1, 0.15) is 27.7 Å². The van der Waals surface area contributed by atoms with E-state index in [1.807, 2.05) is 30.3 Å². The highest BCUT2D eigenvalue weighted by atomic mass is 32.1. The fourth-order valence-electron chi connectivity index (χ4n) is 3.25. The molecule has 0 bridgehead atoms. The highest BCUT2D eigenvalue weighted by Gasteiger charge is 2.23. The molecule has 0 N–H and O–H groups in total. The van der Waals surface area contributed by atoms with Crippen LogP contribution in [0.5, 0.6) is 0 Å². The van der Waals surface area contributed by atoms with E-state index in [9.17, 15) is 14.4 Å². The lowest BCUT2D eigenvalue weighted by Crippen LogP contribution is -2.41. The van der Waals surface area contributed by atoms with Crippen LogP contribution in [0.15, 0.2) is 39.9 Å². The SMILES string of the molecule is CCOC(=O)c1sc2c(c1C)c(=O)n(CCOC)c(=O)n2CCc1ccccc1. The number of ether oxygens (including phenoxy) is 2. The van der Waals surface area contributed by atoms with E-state index in [0.717, 1.165) is 16.9 Å². The molecule has 3 rings (SSSR count). The number of carbonyl (C=O) groups is 1. The number of fused-ring (bicyclic) bond motifs is 1. The first-order valence-corrected chi connectivity index (χ1v) is 10.3. The molecule has 8 heteroatoms. The minimum Gasteiger partial charge on any atom is -0.462 e. The Kier molecular flexibility index (Phi) is 6.66.